The quantitative estimate of drug-likeness (QED) is 0.541. The van der Waals surface area contributed by atoms with Gasteiger partial charge in [-0.1, -0.05) is 0 Å². The molecule has 0 aliphatic carbocycles. The number of aryl methyl sites for hydroxylation is 2. The molecule has 1 atom stereocenters. The molecule has 7 nitrogen and oxygen atoms in total. The molecule has 0 saturated heterocycles. The van der Waals surface area contributed by atoms with Gasteiger partial charge in [0, 0.05) is 51.3 Å². The Balaban J connectivity index is 1.81. The lowest BCUT2D eigenvalue weighted by atomic mass is 10.2. The Morgan fingerprint density at radius 1 is 1.43 bits per heavy atom. The van der Waals surface area contributed by atoms with Gasteiger partial charge < -0.3 is 20.3 Å². The minimum atomic E-state index is -0.618. The SMILES string of the molecule is CN=C(NCc1cccn1C)NCC(O)c1cnn(C)c1. The first kappa shape index (κ1) is 15.1. The molecule has 2 rings (SSSR count). The number of hydrogen-bond donors (Lipinski definition) is 3. The molecule has 2 aromatic heterocycles. The number of hydrogen-bond acceptors (Lipinski definition) is 3. The third-order valence-corrected chi connectivity index (χ3v) is 3.28. The molecule has 0 fully saturated rings. The normalized spacial score (nSPS) is 13.2. The van der Waals surface area contributed by atoms with Crippen molar-refractivity contribution in [1.82, 2.24) is 25.0 Å². The van der Waals surface area contributed by atoms with E-state index in [-0.39, 0.29) is 0 Å². The van der Waals surface area contributed by atoms with Crippen molar-refractivity contribution in [2.45, 2.75) is 12.6 Å². The van der Waals surface area contributed by atoms with Crippen LogP contribution in [0.25, 0.3) is 0 Å². The summed E-state index contributed by atoms with van der Waals surface area (Å²) in [6.07, 6.45) is 4.84. The zero-order valence-electron chi connectivity index (χ0n) is 12.6. The number of rotatable bonds is 5. The summed E-state index contributed by atoms with van der Waals surface area (Å²) in [7, 11) is 5.53. The molecule has 2 heterocycles. The molecule has 7 heteroatoms. The van der Waals surface area contributed by atoms with Crippen molar-refractivity contribution in [2.75, 3.05) is 13.6 Å². The van der Waals surface area contributed by atoms with E-state index in [1.54, 1.807) is 24.1 Å². The van der Waals surface area contributed by atoms with Crippen LogP contribution in [-0.4, -0.2) is 39.0 Å². The fraction of sp³-hybridized carbons (Fsp3) is 0.429. The van der Waals surface area contributed by atoms with Gasteiger partial charge in [0.05, 0.1) is 18.8 Å². The number of guanidine groups is 1. The zero-order chi connectivity index (χ0) is 15.2. The number of aliphatic hydroxyl groups excluding tert-OH is 1. The van der Waals surface area contributed by atoms with E-state index in [2.05, 4.69) is 20.7 Å². The Labute approximate surface area is 124 Å². The first-order valence-electron chi connectivity index (χ1n) is 6.81. The monoisotopic (exact) mass is 290 g/mol. The molecule has 0 spiro atoms. The molecular formula is C14H22N6O. The summed E-state index contributed by atoms with van der Waals surface area (Å²) in [5.74, 6) is 0.652. The van der Waals surface area contributed by atoms with E-state index in [1.165, 1.54) is 0 Å². The van der Waals surface area contributed by atoms with Crippen LogP contribution < -0.4 is 10.6 Å². The molecular weight excluding hydrogens is 268 g/mol. The van der Waals surface area contributed by atoms with Crippen molar-refractivity contribution in [3.63, 3.8) is 0 Å². The van der Waals surface area contributed by atoms with Gasteiger partial charge in [0.15, 0.2) is 5.96 Å². The average Bonchev–Trinajstić information content (AvgIpc) is 3.08. The predicted molar refractivity (Wildman–Crippen MR) is 81.8 cm³/mol. The van der Waals surface area contributed by atoms with Crippen LogP contribution >= 0.6 is 0 Å². The van der Waals surface area contributed by atoms with Gasteiger partial charge >= 0.3 is 0 Å². The molecule has 0 saturated carbocycles. The maximum atomic E-state index is 10.1. The van der Waals surface area contributed by atoms with Gasteiger partial charge in [0.25, 0.3) is 0 Å². The van der Waals surface area contributed by atoms with Gasteiger partial charge in [0.1, 0.15) is 0 Å². The molecule has 0 aromatic carbocycles. The minimum Gasteiger partial charge on any atom is -0.386 e. The smallest absolute Gasteiger partial charge is 0.191 e. The van der Waals surface area contributed by atoms with E-state index in [4.69, 9.17) is 0 Å². The lowest BCUT2D eigenvalue weighted by molar-refractivity contribution is 0.180. The Hall–Kier alpha value is -2.28. The van der Waals surface area contributed by atoms with Gasteiger partial charge in [-0.2, -0.15) is 5.10 Å². The second-order valence-electron chi connectivity index (χ2n) is 4.88. The standard InChI is InChI=1S/C14H22N6O/c1-15-14(16-8-12-5-4-6-19(12)2)17-9-13(21)11-7-18-20(3)10-11/h4-7,10,13,21H,8-9H2,1-3H3,(H2,15,16,17). The van der Waals surface area contributed by atoms with Gasteiger partial charge in [-0.25, -0.2) is 0 Å². The lowest BCUT2D eigenvalue weighted by Gasteiger charge is -2.14. The van der Waals surface area contributed by atoms with Crippen LogP contribution in [0.2, 0.25) is 0 Å². The van der Waals surface area contributed by atoms with Crippen molar-refractivity contribution >= 4 is 5.96 Å². The summed E-state index contributed by atoms with van der Waals surface area (Å²) < 4.78 is 3.71. The van der Waals surface area contributed by atoms with Crippen LogP contribution in [0, 0.1) is 0 Å². The van der Waals surface area contributed by atoms with E-state index in [9.17, 15) is 5.11 Å². The van der Waals surface area contributed by atoms with Crippen LogP contribution in [0.5, 0.6) is 0 Å². The largest absolute Gasteiger partial charge is 0.386 e. The molecule has 0 aliphatic rings. The molecule has 0 radical (unpaired) electrons. The summed E-state index contributed by atoms with van der Waals surface area (Å²) in [6, 6.07) is 4.05. The number of aromatic nitrogens is 3. The Kier molecular flexibility index (Phi) is 4.99. The third kappa shape index (κ3) is 4.09. The van der Waals surface area contributed by atoms with Gasteiger partial charge in [-0.15, -0.1) is 0 Å². The highest BCUT2D eigenvalue weighted by Crippen LogP contribution is 2.09. The van der Waals surface area contributed by atoms with E-state index in [0.29, 0.717) is 19.0 Å². The highest BCUT2D eigenvalue weighted by atomic mass is 16.3. The second kappa shape index (κ2) is 6.94. The van der Waals surface area contributed by atoms with Crippen molar-refractivity contribution in [3.8, 4) is 0 Å². The highest BCUT2D eigenvalue weighted by molar-refractivity contribution is 5.79. The Morgan fingerprint density at radius 2 is 2.24 bits per heavy atom. The van der Waals surface area contributed by atoms with Crippen molar-refractivity contribution in [3.05, 3.63) is 42.0 Å². The van der Waals surface area contributed by atoms with Crippen molar-refractivity contribution in [1.29, 1.82) is 0 Å². The van der Waals surface area contributed by atoms with Crippen LogP contribution in [0.3, 0.4) is 0 Å². The lowest BCUT2D eigenvalue weighted by Crippen LogP contribution is -2.39. The molecule has 0 amide bonds. The fourth-order valence-electron chi connectivity index (χ4n) is 2.00. The first-order chi connectivity index (χ1) is 10.1. The first-order valence-corrected chi connectivity index (χ1v) is 6.81. The van der Waals surface area contributed by atoms with Crippen LogP contribution in [0.15, 0.2) is 35.7 Å². The van der Waals surface area contributed by atoms with E-state index in [0.717, 1.165) is 11.3 Å². The van der Waals surface area contributed by atoms with Crippen LogP contribution in [-0.2, 0) is 20.6 Å². The number of aliphatic hydroxyl groups is 1. The Bertz CT molecular complexity index is 600. The molecule has 3 N–H and O–H groups in total. The maximum absolute atomic E-state index is 10.1. The van der Waals surface area contributed by atoms with Crippen molar-refractivity contribution in [2.24, 2.45) is 19.1 Å². The van der Waals surface area contributed by atoms with E-state index < -0.39 is 6.10 Å². The average molecular weight is 290 g/mol. The summed E-state index contributed by atoms with van der Waals surface area (Å²) >= 11 is 0. The molecule has 1 unspecified atom stereocenters. The van der Waals surface area contributed by atoms with Gasteiger partial charge in [-0.3, -0.25) is 9.67 Å². The predicted octanol–water partition coefficient (Wildman–Crippen LogP) is 0.157. The summed E-state index contributed by atoms with van der Waals surface area (Å²) in [6.45, 7) is 1.05. The fourth-order valence-corrected chi connectivity index (χ4v) is 2.00. The number of nitrogens with zero attached hydrogens (tertiary/aromatic N) is 4. The zero-order valence-corrected chi connectivity index (χ0v) is 12.6. The number of aliphatic imine (C=N–C) groups is 1. The molecule has 21 heavy (non-hydrogen) atoms. The maximum Gasteiger partial charge on any atom is 0.191 e. The number of nitrogens with one attached hydrogen (secondary N) is 2. The van der Waals surface area contributed by atoms with E-state index in [1.807, 2.05) is 37.0 Å². The minimum absolute atomic E-state index is 0.374. The second-order valence-corrected chi connectivity index (χ2v) is 4.88. The molecule has 2 aromatic rings. The molecule has 114 valence electrons. The van der Waals surface area contributed by atoms with Crippen LogP contribution in [0.1, 0.15) is 17.4 Å². The summed E-state index contributed by atoms with van der Waals surface area (Å²) in [5.41, 5.74) is 1.94. The Morgan fingerprint density at radius 3 is 2.81 bits per heavy atom. The van der Waals surface area contributed by atoms with Crippen LogP contribution in [0.4, 0.5) is 0 Å². The third-order valence-electron chi connectivity index (χ3n) is 3.28. The summed E-state index contributed by atoms with van der Waals surface area (Å²) in [4.78, 5) is 4.14. The summed E-state index contributed by atoms with van der Waals surface area (Å²) in [5, 5.41) is 20.4. The van der Waals surface area contributed by atoms with E-state index >= 15 is 0 Å². The van der Waals surface area contributed by atoms with Gasteiger partial charge in [-0.05, 0) is 12.1 Å². The molecule has 0 aliphatic heterocycles. The highest BCUT2D eigenvalue weighted by Gasteiger charge is 2.10. The van der Waals surface area contributed by atoms with Crippen molar-refractivity contribution < 1.29 is 5.11 Å². The molecule has 0 bridgehead atoms. The van der Waals surface area contributed by atoms with Gasteiger partial charge in [0.2, 0.25) is 0 Å². The topological polar surface area (TPSA) is 79.4 Å².